The van der Waals surface area contributed by atoms with Gasteiger partial charge in [0.05, 0.1) is 19.3 Å². The fraction of sp³-hybridized carbons (Fsp3) is 1.00. The van der Waals surface area contributed by atoms with Crippen LogP contribution in [0.3, 0.4) is 0 Å². The first-order valence-corrected chi connectivity index (χ1v) is 5.39. The molecule has 14 heavy (non-hydrogen) atoms. The number of aliphatic hydroxyl groups excluding tert-OH is 1. The quantitative estimate of drug-likeness (QED) is 0.613. The lowest BCUT2D eigenvalue weighted by Gasteiger charge is -2.14. The predicted molar refractivity (Wildman–Crippen MR) is 57.4 cm³/mol. The highest BCUT2D eigenvalue weighted by Gasteiger charge is 2.05. The van der Waals surface area contributed by atoms with Crippen molar-refractivity contribution in [2.75, 3.05) is 19.8 Å². The number of rotatable bonds is 8. The third-order valence-electron chi connectivity index (χ3n) is 1.77. The van der Waals surface area contributed by atoms with Crippen LogP contribution < -0.4 is 0 Å². The third kappa shape index (κ3) is 9.96. The van der Waals surface area contributed by atoms with Crippen LogP contribution in [-0.2, 0) is 9.47 Å². The maximum atomic E-state index is 9.41. The standard InChI is InChI=1S/C11H24O3/c1-9(2)5-6-13-7-11(12)8-14-10(3)4/h9-12H,5-8H2,1-4H3. The summed E-state index contributed by atoms with van der Waals surface area (Å²) in [5.74, 6) is 0.652. The third-order valence-corrected chi connectivity index (χ3v) is 1.77. The van der Waals surface area contributed by atoms with E-state index in [0.717, 1.165) is 13.0 Å². The Kier molecular flexibility index (Phi) is 8.14. The van der Waals surface area contributed by atoms with Crippen LogP contribution in [0.5, 0.6) is 0 Å². The molecule has 0 heterocycles. The zero-order valence-electron chi connectivity index (χ0n) is 9.82. The van der Waals surface area contributed by atoms with Crippen LogP contribution in [0.1, 0.15) is 34.1 Å². The van der Waals surface area contributed by atoms with E-state index in [1.165, 1.54) is 0 Å². The van der Waals surface area contributed by atoms with Crippen LogP contribution in [0.15, 0.2) is 0 Å². The summed E-state index contributed by atoms with van der Waals surface area (Å²) >= 11 is 0. The summed E-state index contributed by atoms with van der Waals surface area (Å²) in [4.78, 5) is 0. The van der Waals surface area contributed by atoms with Gasteiger partial charge in [-0.2, -0.15) is 0 Å². The fourth-order valence-electron chi connectivity index (χ4n) is 0.890. The van der Waals surface area contributed by atoms with E-state index in [2.05, 4.69) is 13.8 Å². The van der Waals surface area contributed by atoms with E-state index >= 15 is 0 Å². The van der Waals surface area contributed by atoms with Crippen LogP contribution in [0.4, 0.5) is 0 Å². The van der Waals surface area contributed by atoms with E-state index < -0.39 is 6.10 Å². The monoisotopic (exact) mass is 204 g/mol. The highest BCUT2D eigenvalue weighted by Crippen LogP contribution is 1.99. The molecule has 0 bridgehead atoms. The molecular weight excluding hydrogens is 180 g/mol. The van der Waals surface area contributed by atoms with Crippen molar-refractivity contribution in [2.45, 2.75) is 46.3 Å². The van der Waals surface area contributed by atoms with Crippen LogP contribution in [-0.4, -0.2) is 37.1 Å². The smallest absolute Gasteiger partial charge is 0.101 e. The molecule has 0 amide bonds. The molecule has 0 aromatic carbocycles. The molecule has 0 saturated carbocycles. The van der Waals surface area contributed by atoms with Crippen molar-refractivity contribution in [1.82, 2.24) is 0 Å². The van der Waals surface area contributed by atoms with E-state index in [9.17, 15) is 5.11 Å². The molecule has 0 radical (unpaired) electrons. The Morgan fingerprint density at radius 1 is 1.07 bits per heavy atom. The fourth-order valence-corrected chi connectivity index (χ4v) is 0.890. The summed E-state index contributed by atoms with van der Waals surface area (Å²) in [6, 6.07) is 0. The van der Waals surface area contributed by atoms with Crippen molar-refractivity contribution >= 4 is 0 Å². The second kappa shape index (κ2) is 8.21. The molecule has 0 aliphatic rings. The Hall–Kier alpha value is -0.120. The lowest BCUT2D eigenvalue weighted by molar-refractivity contribution is -0.0367. The van der Waals surface area contributed by atoms with Gasteiger partial charge >= 0.3 is 0 Å². The Morgan fingerprint density at radius 3 is 2.21 bits per heavy atom. The zero-order chi connectivity index (χ0) is 11.0. The van der Waals surface area contributed by atoms with Crippen molar-refractivity contribution in [3.05, 3.63) is 0 Å². The molecule has 1 atom stereocenters. The van der Waals surface area contributed by atoms with Gasteiger partial charge in [0.2, 0.25) is 0 Å². The van der Waals surface area contributed by atoms with Crippen molar-refractivity contribution in [3.63, 3.8) is 0 Å². The molecule has 0 aromatic heterocycles. The minimum Gasteiger partial charge on any atom is -0.388 e. The van der Waals surface area contributed by atoms with Gasteiger partial charge in [0.1, 0.15) is 6.10 Å². The van der Waals surface area contributed by atoms with E-state index in [0.29, 0.717) is 19.1 Å². The van der Waals surface area contributed by atoms with Gasteiger partial charge in [-0.15, -0.1) is 0 Å². The molecule has 1 unspecified atom stereocenters. The van der Waals surface area contributed by atoms with Crippen LogP contribution >= 0.6 is 0 Å². The largest absolute Gasteiger partial charge is 0.388 e. The summed E-state index contributed by atoms with van der Waals surface area (Å²) in [5.41, 5.74) is 0. The van der Waals surface area contributed by atoms with Gasteiger partial charge in [0.25, 0.3) is 0 Å². The summed E-state index contributed by atoms with van der Waals surface area (Å²) in [6.07, 6.45) is 0.711. The highest BCUT2D eigenvalue weighted by molar-refractivity contribution is 4.53. The van der Waals surface area contributed by atoms with Crippen molar-refractivity contribution in [1.29, 1.82) is 0 Å². The molecule has 0 rings (SSSR count). The van der Waals surface area contributed by atoms with Crippen molar-refractivity contribution < 1.29 is 14.6 Å². The minimum atomic E-state index is -0.496. The number of ether oxygens (including phenoxy) is 2. The molecule has 0 fully saturated rings. The van der Waals surface area contributed by atoms with Crippen molar-refractivity contribution in [2.24, 2.45) is 5.92 Å². The molecule has 86 valence electrons. The summed E-state index contributed by atoms with van der Waals surface area (Å²) in [6.45, 7) is 9.66. The molecular formula is C11H24O3. The predicted octanol–water partition coefficient (Wildman–Crippen LogP) is 1.83. The maximum absolute atomic E-state index is 9.41. The lowest BCUT2D eigenvalue weighted by atomic mass is 10.1. The highest BCUT2D eigenvalue weighted by atomic mass is 16.5. The zero-order valence-corrected chi connectivity index (χ0v) is 9.82. The number of hydrogen-bond acceptors (Lipinski definition) is 3. The van der Waals surface area contributed by atoms with E-state index in [4.69, 9.17) is 9.47 Å². The average molecular weight is 204 g/mol. The van der Waals surface area contributed by atoms with Gasteiger partial charge < -0.3 is 14.6 Å². The molecule has 3 nitrogen and oxygen atoms in total. The Bertz CT molecular complexity index is 124. The minimum absolute atomic E-state index is 0.167. The van der Waals surface area contributed by atoms with Gasteiger partial charge in [-0.3, -0.25) is 0 Å². The topological polar surface area (TPSA) is 38.7 Å². The van der Waals surface area contributed by atoms with Crippen molar-refractivity contribution in [3.8, 4) is 0 Å². The molecule has 0 spiro atoms. The molecule has 0 aliphatic carbocycles. The van der Waals surface area contributed by atoms with E-state index in [1.807, 2.05) is 13.8 Å². The normalized spacial score (nSPS) is 13.9. The second-order valence-corrected chi connectivity index (χ2v) is 4.29. The Morgan fingerprint density at radius 2 is 1.71 bits per heavy atom. The molecule has 0 aromatic rings. The van der Waals surface area contributed by atoms with Gasteiger partial charge in [-0.1, -0.05) is 13.8 Å². The molecule has 1 N–H and O–H groups in total. The van der Waals surface area contributed by atoms with Gasteiger partial charge in [-0.25, -0.2) is 0 Å². The van der Waals surface area contributed by atoms with Gasteiger partial charge in [-0.05, 0) is 26.2 Å². The van der Waals surface area contributed by atoms with Crippen LogP contribution in [0.2, 0.25) is 0 Å². The SMILES string of the molecule is CC(C)CCOCC(O)COC(C)C. The molecule has 0 saturated heterocycles. The first-order chi connectivity index (χ1) is 6.52. The van der Waals surface area contributed by atoms with Gasteiger partial charge in [0.15, 0.2) is 0 Å². The average Bonchev–Trinajstić information content (AvgIpc) is 2.08. The first-order valence-electron chi connectivity index (χ1n) is 5.39. The van der Waals surface area contributed by atoms with Gasteiger partial charge in [0, 0.05) is 6.61 Å². The Labute approximate surface area is 87.4 Å². The number of aliphatic hydroxyl groups is 1. The number of hydrogen-bond donors (Lipinski definition) is 1. The molecule has 0 aliphatic heterocycles. The summed E-state index contributed by atoms with van der Waals surface area (Å²) < 4.78 is 10.6. The van der Waals surface area contributed by atoms with E-state index in [1.54, 1.807) is 0 Å². The van der Waals surface area contributed by atoms with E-state index in [-0.39, 0.29) is 6.10 Å². The van der Waals surface area contributed by atoms with Crippen LogP contribution in [0, 0.1) is 5.92 Å². The van der Waals surface area contributed by atoms with Crippen LogP contribution in [0.25, 0.3) is 0 Å². The molecule has 3 heteroatoms. The summed E-state index contributed by atoms with van der Waals surface area (Å²) in [7, 11) is 0. The Balaban J connectivity index is 3.22. The maximum Gasteiger partial charge on any atom is 0.101 e. The lowest BCUT2D eigenvalue weighted by Crippen LogP contribution is -2.24. The first kappa shape index (κ1) is 13.9. The second-order valence-electron chi connectivity index (χ2n) is 4.29. The summed E-state index contributed by atoms with van der Waals surface area (Å²) in [5, 5.41) is 9.41.